The highest BCUT2D eigenvalue weighted by molar-refractivity contribution is 7.85. The van der Waals surface area contributed by atoms with Gasteiger partial charge in [-0.3, -0.25) is 9.20 Å². The smallest absolute Gasteiger partial charge is 0.191 e. The van der Waals surface area contributed by atoms with Crippen molar-refractivity contribution >= 4 is 16.8 Å². The maximum Gasteiger partial charge on any atom is 0.191 e. The van der Waals surface area contributed by atoms with Crippen LogP contribution >= 0.6 is 0 Å². The summed E-state index contributed by atoms with van der Waals surface area (Å²) in [6.07, 6.45) is 4.29. The summed E-state index contributed by atoms with van der Waals surface area (Å²) in [6, 6.07) is 0.356. The Kier molecular flexibility index (Phi) is 10.4. The van der Waals surface area contributed by atoms with E-state index in [0.29, 0.717) is 37.7 Å². The highest BCUT2D eigenvalue weighted by atomic mass is 32.2. The lowest BCUT2D eigenvalue weighted by atomic mass is 9.95. The Hall–Kier alpha value is -0.660. The third-order valence-corrected chi connectivity index (χ3v) is 5.56. The van der Waals surface area contributed by atoms with Crippen molar-refractivity contribution in [2.75, 3.05) is 46.3 Å². The van der Waals surface area contributed by atoms with Crippen LogP contribution in [0.5, 0.6) is 0 Å². The summed E-state index contributed by atoms with van der Waals surface area (Å²) in [4.78, 5) is 4.24. The number of ether oxygens (including phenoxy) is 2. The number of guanidine groups is 1. The van der Waals surface area contributed by atoms with Crippen molar-refractivity contribution in [1.82, 2.24) is 10.6 Å². The van der Waals surface area contributed by atoms with Crippen LogP contribution in [0, 0.1) is 0 Å². The molecule has 0 heterocycles. The van der Waals surface area contributed by atoms with Crippen LogP contribution in [0.25, 0.3) is 0 Å². The summed E-state index contributed by atoms with van der Waals surface area (Å²) < 4.78 is 22.3. The average Bonchev–Trinajstić information content (AvgIpc) is 2.56. The Morgan fingerprint density at radius 1 is 1.32 bits per heavy atom. The molecule has 6 nitrogen and oxygen atoms in total. The van der Waals surface area contributed by atoms with Crippen molar-refractivity contribution in [1.29, 1.82) is 0 Å². The normalized spacial score (nSPS) is 24.0. The van der Waals surface area contributed by atoms with Gasteiger partial charge in [-0.1, -0.05) is 13.3 Å². The van der Waals surface area contributed by atoms with Gasteiger partial charge in [0.25, 0.3) is 0 Å². The number of nitrogens with zero attached hydrogens (tertiary/aromatic N) is 1. The van der Waals surface area contributed by atoms with Gasteiger partial charge in [-0.05, 0) is 19.3 Å². The molecule has 22 heavy (non-hydrogen) atoms. The van der Waals surface area contributed by atoms with Gasteiger partial charge in [0, 0.05) is 48.5 Å². The van der Waals surface area contributed by atoms with Crippen LogP contribution in [0.15, 0.2) is 4.99 Å². The monoisotopic (exact) mass is 333 g/mol. The quantitative estimate of drug-likeness (QED) is 0.373. The molecule has 0 radical (unpaired) electrons. The zero-order valence-corrected chi connectivity index (χ0v) is 14.9. The molecule has 1 saturated carbocycles. The number of nitrogens with one attached hydrogen (secondary N) is 2. The van der Waals surface area contributed by atoms with Crippen molar-refractivity contribution in [2.24, 2.45) is 4.99 Å². The molecule has 1 aliphatic rings. The largest absolute Gasteiger partial charge is 0.382 e. The topological polar surface area (TPSA) is 72.0 Å². The zero-order chi connectivity index (χ0) is 16.2. The minimum Gasteiger partial charge on any atom is -0.382 e. The molecule has 2 N–H and O–H groups in total. The predicted octanol–water partition coefficient (Wildman–Crippen LogP) is 0.894. The highest BCUT2D eigenvalue weighted by Crippen LogP contribution is 2.22. The molecule has 130 valence electrons. The molecule has 1 fully saturated rings. The van der Waals surface area contributed by atoms with E-state index in [2.05, 4.69) is 15.6 Å². The van der Waals surface area contributed by atoms with E-state index in [1.807, 2.05) is 6.92 Å². The lowest BCUT2D eigenvalue weighted by Crippen LogP contribution is -2.47. The van der Waals surface area contributed by atoms with E-state index in [9.17, 15) is 4.21 Å². The van der Waals surface area contributed by atoms with Crippen LogP contribution in [-0.2, 0) is 20.3 Å². The fraction of sp³-hybridized carbons (Fsp3) is 0.933. The average molecular weight is 333 g/mol. The van der Waals surface area contributed by atoms with Crippen LogP contribution in [0.2, 0.25) is 0 Å². The molecule has 0 bridgehead atoms. The molecule has 0 spiro atoms. The first-order valence-corrected chi connectivity index (χ1v) is 9.50. The summed E-state index contributed by atoms with van der Waals surface area (Å²) >= 11 is 0. The Bertz CT molecular complexity index is 353. The standard InChI is InChI=1S/C15H31N3O3S/c1-4-22(19)14-7-5-6-13(12-14)18-15(16-2)17-8-9-21-11-10-20-3/h13-14H,4-12H2,1-3H3,(H2,16,17,18). The summed E-state index contributed by atoms with van der Waals surface area (Å²) in [7, 11) is 2.74. The Morgan fingerprint density at radius 2 is 2.14 bits per heavy atom. The Labute approximate surface area is 136 Å². The van der Waals surface area contributed by atoms with E-state index < -0.39 is 10.8 Å². The zero-order valence-electron chi connectivity index (χ0n) is 14.1. The van der Waals surface area contributed by atoms with Gasteiger partial charge in [0.2, 0.25) is 0 Å². The van der Waals surface area contributed by atoms with E-state index in [-0.39, 0.29) is 0 Å². The number of rotatable bonds is 9. The molecule has 0 aromatic rings. The first-order chi connectivity index (χ1) is 10.7. The van der Waals surface area contributed by atoms with Gasteiger partial charge in [0.15, 0.2) is 5.96 Å². The first-order valence-electron chi connectivity index (χ1n) is 8.12. The number of hydrogen-bond acceptors (Lipinski definition) is 4. The fourth-order valence-corrected chi connectivity index (χ4v) is 3.97. The van der Waals surface area contributed by atoms with Crippen LogP contribution < -0.4 is 10.6 Å². The maximum atomic E-state index is 12.0. The van der Waals surface area contributed by atoms with Crippen LogP contribution in [0.1, 0.15) is 32.6 Å². The minimum atomic E-state index is -0.693. The number of methoxy groups -OCH3 is 1. The third-order valence-electron chi connectivity index (χ3n) is 3.82. The predicted molar refractivity (Wildman–Crippen MR) is 91.9 cm³/mol. The summed E-state index contributed by atoms with van der Waals surface area (Å²) in [6.45, 7) is 4.55. The summed E-state index contributed by atoms with van der Waals surface area (Å²) in [5.74, 6) is 1.55. The van der Waals surface area contributed by atoms with Crippen LogP contribution in [-0.4, -0.2) is 67.7 Å². The molecular formula is C15H31N3O3S. The molecule has 0 amide bonds. The Balaban J connectivity index is 2.26. The summed E-state index contributed by atoms with van der Waals surface area (Å²) in [5.41, 5.74) is 0. The second kappa shape index (κ2) is 11.8. The molecule has 1 rings (SSSR count). The number of hydrogen-bond donors (Lipinski definition) is 2. The lowest BCUT2D eigenvalue weighted by molar-refractivity contribution is 0.0733. The lowest BCUT2D eigenvalue weighted by Gasteiger charge is -2.30. The van der Waals surface area contributed by atoms with Crippen molar-refractivity contribution < 1.29 is 13.7 Å². The van der Waals surface area contributed by atoms with E-state index in [1.54, 1.807) is 14.2 Å². The molecule has 0 saturated heterocycles. The van der Waals surface area contributed by atoms with E-state index in [1.165, 1.54) is 0 Å². The van der Waals surface area contributed by atoms with Gasteiger partial charge in [0.05, 0.1) is 19.8 Å². The van der Waals surface area contributed by atoms with Crippen LogP contribution in [0.4, 0.5) is 0 Å². The van der Waals surface area contributed by atoms with E-state index in [0.717, 1.165) is 37.4 Å². The molecule has 0 aromatic heterocycles. The van der Waals surface area contributed by atoms with Crippen molar-refractivity contribution in [3.05, 3.63) is 0 Å². The SMILES string of the molecule is CCS(=O)C1CCCC(NC(=NC)NCCOCCOC)C1. The van der Waals surface area contributed by atoms with Crippen LogP contribution in [0.3, 0.4) is 0 Å². The molecule has 0 aliphatic heterocycles. The Morgan fingerprint density at radius 3 is 2.82 bits per heavy atom. The highest BCUT2D eigenvalue weighted by Gasteiger charge is 2.25. The molecule has 1 aliphatic carbocycles. The van der Waals surface area contributed by atoms with Crippen molar-refractivity contribution in [3.8, 4) is 0 Å². The van der Waals surface area contributed by atoms with E-state index in [4.69, 9.17) is 9.47 Å². The van der Waals surface area contributed by atoms with Gasteiger partial charge in [-0.15, -0.1) is 0 Å². The third kappa shape index (κ3) is 7.56. The van der Waals surface area contributed by atoms with Gasteiger partial charge in [-0.2, -0.15) is 0 Å². The van der Waals surface area contributed by atoms with Crippen molar-refractivity contribution in [3.63, 3.8) is 0 Å². The fourth-order valence-electron chi connectivity index (χ4n) is 2.62. The second-order valence-corrected chi connectivity index (χ2v) is 7.41. The molecular weight excluding hydrogens is 302 g/mol. The minimum absolute atomic E-state index is 0.326. The van der Waals surface area contributed by atoms with Gasteiger partial charge in [0.1, 0.15) is 0 Å². The molecule has 0 aromatic carbocycles. The molecule has 3 atom stereocenters. The second-order valence-electron chi connectivity index (χ2n) is 5.40. The van der Waals surface area contributed by atoms with Gasteiger partial charge in [-0.25, -0.2) is 0 Å². The van der Waals surface area contributed by atoms with Gasteiger partial charge < -0.3 is 20.1 Å². The summed E-state index contributed by atoms with van der Waals surface area (Å²) in [5, 5.41) is 7.02. The molecule has 7 heteroatoms. The first kappa shape index (κ1) is 19.4. The van der Waals surface area contributed by atoms with Gasteiger partial charge >= 0.3 is 0 Å². The maximum absolute atomic E-state index is 12.0. The number of aliphatic imine (C=N–C) groups is 1. The molecule has 3 unspecified atom stereocenters. The van der Waals surface area contributed by atoms with Crippen molar-refractivity contribution in [2.45, 2.75) is 43.9 Å². The van der Waals surface area contributed by atoms with E-state index >= 15 is 0 Å².